The number of rotatable bonds is 1. The maximum Gasteiger partial charge on any atom is 0.272 e. The zero-order chi connectivity index (χ0) is 10.4. The molecule has 0 radical (unpaired) electrons. The monoisotopic (exact) mass is 181 g/mol. The molecular weight excluding hydrogens is 166 g/mol. The van der Waals surface area contributed by atoms with Gasteiger partial charge >= 0.3 is 0 Å². The highest BCUT2D eigenvalue weighted by molar-refractivity contribution is 5.41. The summed E-state index contributed by atoms with van der Waals surface area (Å²) in [6.07, 6.45) is 0. The fourth-order valence-electron chi connectivity index (χ4n) is 1.01. The van der Waals surface area contributed by atoms with E-state index in [1.807, 2.05) is 20.8 Å². The van der Waals surface area contributed by atoms with E-state index in [0.717, 1.165) is 11.1 Å². The van der Waals surface area contributed by atoms with Crippen LogP contribution in [0.15, 0.2) is 18.2 Å². The molecule has 0 bridgehead atoms. The van der Waals surface area contributed by atoms with E-state index in [9.17, 15) is 10.1 Å². The van der Waals surface area contributed by atoms with E-state index >= 15 is 0 Å². The van der Waals surface area contributed by atoms with Crippen LogP contribution in [0.3, 0.4) is 0 Å². The first-order valence-electron chi connectivity index (χ1n) is 4.33. The van der Waals surface area contributed by atoms with Gasteiger partial charge in [-0.15, -0.1) is 0 Å². The molecule has 0 fully saturated rings. The highest BCUT2D eigenvalue weighted by atomic mass is 16.6. The molecule has 13 heavy (non-hydrogen) atoms. The van der Waals surface area contributed by atoms with Crippen LogP contribution >= 0.6 is 0 Å². The Kier molecular flexibility index (Phi) is 4.74. The highest BCUT2D eigenvalue weighted by Crippen LogP contribution is 2.17. The van der Waals surface area contributed by atoms with E-state index in [1.54, 1.807) is 19.1 Å². The molecule has 72 valence electrons. The Bertz CT molecular complexity index is 295. The third-order valence-electron chi connectivity index (χ3n) is 1.55. The molecule has 3 heteroatoms. The number of hydrogen-bond acceptors (Lipinski definition) is 2. The molecule has 0 heterocycles. The number of nitro groups is 1. The third-order valence-corrected chi connectivity index (χ3v) is 1.55. The molecule has 0 unspecified atom stereocenters. The van der Waals surface area contributed by atoms with Gasteiger partial charge in [0.25, 0.3) is 5.69 Å². The van der Waals surface area contributed by atoms with Gasteiger partial charge in [-0.2, -0.15) is 0 Å². The van der Waals surface area contributed by atoms with Gasteiger partial charge in [-0.3, -0.25) is 10.1 Å². The van der Waals surface area contributed by atoms with Gasteiger partial charge in [0, 0.05) is 11.6 Å². The fraction of sp³-hybridized carbons (Fsp3) is 0.400. The molecule has 1 aromatic rings. The standard InChI is InChI=1S/C8H9NO2.C2H6/c1-6-3-4-8(9(10)11)7(2)5-6;1-2/h3-5H,1-2H3;1-2H3. The molecule has 1 rings (SSSR count). The Balaban J connectivity index is 0.000000671. The highest BCUT2D eigenvalue weighted by Gasteiger charge is 2.07. The number of aryl methyl sites for hydroxylation is 2. The van der Waals surface area contributed by atoms with Crippen molar-refractivity contribution in [3.8, 4) is 0 Å². The van der Waals surface area contributed by atoms with E-state index in [0.29, 0.717) is 0 Å². The average molecular weight is 181 g/mol. The summed E-state index contributed by atoms with van der Waals surface area (Å²) in [7, 11) is 0. The summed E-state index contributed by atoms with van der Waals surface area (Å²) in [5.41, 5.74) is 1.96. The summed E-state index contributed by atoms with van der Waals surface area (Å²) in [5.74, 6) is 0. The Morgan fingerprint density at radius 3 is 2.15 bits per heavy atom. The van der Waals surface area contributed by atoms with E-state index in [1.165, 1.54) is 6.07 Å². The molecule has 0 amide bonds. The van der Waals surface area contributed by atoms with E-state index in [4.69, 9.17) is 0 Å². The second-order valence-corrected chi connectivity index (χ2v) is 2.55. The summed E-state index contributed by atoms with van der Waals surface area (Å²) in [4.78, 5) is 9.97. The lowest BCUT2D eigenvalue weighted by Crippen LogP contribution is -1.91. The maximum absolute atomic E-state index is 10.3. The van der Waals surface area contributed by atoms with Crippen molar-refractivity contribution in [1.29, 1.82) is 0 Å². The van der Waals surface area contributed by atoms with Crippen LogP contribution in [-0.2, 0) is 0 Å². The van der Waals surface area contributed by atoms with Gasteiger partial charge in [-0.05, 0) is 19.9 Å². The number of nitrogens with zero attached hydrogens (tertiary/aromatic N) is 1. The lowest BCUT2D eigenvalue weighted by molar-refractivity contribution is -0.385. The van der Waals surface area contributed by atoms with Crippen LogP contribution in [0.4, 0.5) is 5.69 Å². The molecule has 0 aliphatic carbocycles. The first-order chi connectivity index (χ1) is 6.11. The molecule has 0 atom stereocenters. The molecular formula is C10H15NO2. The summed E-state index contributed by atoms with van der Waals surface area (Å²) >= 11 is 0. The van der Waals surface area contributed by atoms with Crippen molar-refractivity contribution in [1.82, 2.24) is 0 Å². The Labute approximate surface area is 78.5 Å². The van der Waals surface area contributed by atoms with Crippen LogP contribution in [0.2, 0.25) is 0 Å². The van der Waals surface area contributed by atoms with Crippen molar-refractivity contribution in [2.45, 2.75) is 27.7 Å². The van der Waals surface area contributed by atoms with Crippen molar-refractivity contribution in [2.75, 3.05) is 0 Å². The molecule has 0 aromatic heterocycles. The largest absolute Gasteiger partial charge is 0.272 e. The van der Waals surface area contributed by atoms with Gasteiger partial charge in [0.2, 0.25) is 0 Å². The molecule has 0 aliphatic heterocycles. The van der Waals surface area contributed by atoms with Gasteiger partial charge in [0.05, 0.1) is 4.92 Å². The summed E-state index contributed by atoms with van der Waals surface area (Å²) in [6.45, 7) is 7.65. The van der Waals surface area contributed by atoms with Crippen molar-refractivity contribution in [3.05, 3.63) is 39.4 Å². The van der Waals surface area contributed by atoms with E-state index in [2.05, 4.69) is 0 Å². The van der Waals surface area contributed by atoms with E-state index < -0.39 is 0 Å². The predicted molar refractivity (Wildman–Crippen MR) is 53.9 cm³/mol. The third kappa shape index (κ3) is 3.23. The first kappa shape index (κ1) is 11.6. The first-order valence-corrected chi connectivity index (χ1v) is 4.33. The molecule has 0 saturated carbocycles. The SMILES string of the molecule is CC.Cc1ccc([N+](=O)[O-])c(C)c1. The molecule has 0 N–H and O–H groups in total. The number of nitro benzene ring substituents is 1. The molecule has 3 nitrogen and oxygen atoms in total. The molecule has 1 aromatic carbocycles. The number of benzene rings is 1. The zero-order valence-electron chi connectivity index (χ0n) is 8.50. The second kappa shape index (κ2) is 5.30. The van der Waals surface area contributed by atoms with Crippen molar-refractivity contribution in [2.24, 2.45) is 0 Å². The van der Waals surface area contributed by atoms with Crippen molar-refractivity contribution >= 4 is 5.69 Å². The van der Waals surface area contributed by atoms with Crippen LogP contribution < -0.4 is 0 Å². The topological polar surface area (TPSA) is 43.1 Å². The molecule has 0 aliphatic rings. The summed E-state index contributed by atoms with van der Waals surface area (Å²) < 4.78 is 0. The van der Waals surface area contributed by atoms with Crippen LogP contribution in [-0.4, -0.2) is 4.92 Å². The van der Waals surface area contributed by atoms with Crippen molar-refractivity contribution in [3.63, 3.8) is 0 Å². The summed E-state index contributed by atoms with van der Waals surface area (Å²) in [5, 5.41) is 10.3. The molecule has 0 saturated heterocycles. The van der Waals surface area contributed by atoms with E-state index in [-0.39, 0.29) is 10.6 Å². The van der Waals surface area contributed by atoms with Gasteiger partial charge in [0.1, 0.15) is 0 Å². The smallest absolute Gasteiger partial charge is 0.258 e. The van der Waals surface area contributed by atoms with Gasteiger partial charge in [0.15, 0.2) is 0 Å². The Hall–Kier alpha value is -1.38. The van der Waals surface area contributed by atoms with Crippen LogP contribution in [0.25, 0.3) is 0 Å². The minimum absolute atomic E-state index is 0.190. The Morgan fingerprint density at radius 2 is 1.77 bits per heavy atom. The van der Waals surface area contributed by atoms with Gasteiger partial charge < -0.3 is 0 Å². The lowest BCUT2D eigenvalue weighted by Gasteiger charge is -1.96. The minimum Gasteiger partial charge on any atom is -0.258 e. The number of hydrogen-bond donors (Lipinski definition) is 0. The van der Waals surface area contributed by atoms with Crippen LogP contribution in [0.1, 0.15) is 25.0 Å². The minimum atomic E-state index is -0.366. The van der Waals surface area contributed by atoms with Gasteiger partial charge in [-0.1, -0.05) is 25.5 Å². The second-order valence-electron chi connectivity index (χ2n) is 2.55. The van der Waals surface area contributed by atoms with Crippen molar-refractivity contribution < 1.29 is 4.92 Å². The molecule has 0 spiro atoms. The Morgan fingerprint density at radius 1 is 1.23 bits per heavy atom. The quantitative estimate of drug-likeness (QED) is 0.493. The van der Waals surface area contributed by atoms with Gasteiger partial charge in [-0.25, -0.2) is 0 Å². The lowest BCUT2D eigenvalue weighted by atomic mass is 10.1. The van der Waals surface area contributed by atoms with Crippen LogP contribution in [0.5, 0.6) is 0 Å². The fourth-order valence-corrected chi connectivity index (χ4v) is 1.01. The predicted octanol–water partition coefficient (Wildman–Crippen LogP) is 3.24. The van der Waals surface area contributed by atoms with Crippen LogP contribution in [0, 0.1) is 24.0 Å². The average Bonchev–Trinajstić information content (AvgIpc) is 2.07. The maximum atomic E-state index is 10.3. The normalized spacial score (nSPS) is 8.62. The zero-order valence-corrected chi connectivity index (χ0v) is 8.50. The summed E-state index contributed by atoms with van der Waals surface area (Å²) in [6, 6.07) is 5.08.